The first-order chi connectivity index (χ1) is 7.68. The van der Waals surface area contributed by atoms with E-state index < -0.39 is 12.6 Å². The standard InChI is InChI=1S/C12H17F3N2/c1-11(2,3)9-4-5-10(17-8-9)16-7-6-12(13,14)15/h4-5,8H,6-7H2,1-3H3,(H,16,17). The normalized spacial score (nSPS) is 12.6. The van der Waals surface area contributed by atoms with Crippen molar-refractivity contribution in [1.29, 1.82) is 0 Å². The Bertz CT molecular complexity index is 349. The van der Waals surface area contributed by atoms with Crippen molar-refractivity contribution >= 4 is 5.82 Å². The molecule has 0 aliphatic heterocycles. The van der Waals surface area contributed by atoms with E-state index in [0.717, 1.165) is 5.56 Å². The molecule has 17 heavy (non-hydrogen) atoms. The van der Waals surface area contributed by atoms with Crippen LogP contribution in [0, 0.1) is 0 Å². The molecule has 0 saturated carbocycles. The summed E-state index contributed by atoms with van der Waals surface area (Å²) in [6.45, 7) is 6.02. The Labute approximate surface area is 99.3 Å². The van der Waals surface area contributed by atoms with Crippen molar-refractivity contribution < 1.29 is 13.2 Å². The summed E-state index contributed by atoms with van der Waals surface area (Å²) in [5, 5.41) is 2.65. The Morgan fingerprint density at radius 1 is 1.18 bits per heavy atom. The maximum Gasteiger partial charge on any atom is 0.390 e. The highest BCUT2D eigenvalue weighted by atomic mass is 19.4. The molecule has 1 aromatic rings. The van der Waals surface area contributed by atoms with Gasteiger partial charge in [-0.25, -0.2) is 4.98 Å². The zero-order valence-electron chi connectivity index (χ0n) is 10.2. The number of aromatic nitrogens is 1. The van der Waals surface area contributed by atoms with Gasteiger partial charge in [0.25, 0.3) is 0 Å². The summed E-state index contributed by atoms with van der Waals surface area (Å²) < 4.78 is 35.8. The van der Waals surface area contributed by atoms with E-state index in [9.17, 15) is 13.2 Å². The third-order valence-corrected chi connectivity index (χ3v) is 2.34. The highest BCUT2D eigenvalue weighted by Crippen LogP contribution is 2.22. The molecule has 1 N–H and O–H groups in total. The summed E-state index contributed by atoms with van der Waals surface area (Å²) in [6.07, 6.45) is -3.29. The SMILES string of the molecule is CC(C)(C)c1ccc(NCCC(F)(F)F)nc1. The molecule has 1 heterocycles. The molecule has 0 unspecified atom stereocenters. The van der Waals surface area contributed by atoms with Gasteiger partial charge in [-0.3, -0.25) is 0 Å². The number of halogens is 3. The van der Waals surface area contributed by atoms with Crippen molar-refractivity contribution in [3.63, 3.8) is 0 Å². The van der Waals surface area contributed by atoms with Crippen molar-refractivity contribution in [2.75, 3.05) is 11.9 Å². The Hall–Kier alpha value is -1.26. The van der Waals surface area contributed by atoms with Gasteiger partial charge >= 0.3 is 6.18 Å². The number of nitrogens with one attached hydrogen (secondary N) is 1. The van der Waals surface area contributed by atoms with Crippen LogP contribution < -0.4 is 5.32 Å². The molecule has 0 radical (unpaired) electrons. The van der Waals surface area contributed by atoms with Gasteiger partial charge in [0.2, 0.25) is 0 Å². The zero-order chi connectivity index (χ0) is 13.1. The fourth-order valence-electron chi connectivity index (χ4n) is 1.27. The lowest BCUT2D eigenvalue weighted by Crippen LogP contribution is -2.15. The van der Waals surface area contributed by atoms with E-state index in [-0.39, 0.29) is 12.0 Å². The lowest BCUT2D eigenvalue weighted by Gasteiger charge is -2.18. The zero-order valence-corrected chi connectivity index (χ0v) is 10.2. The van der Waals surface area contributed by atoms with Crippen LogP contribution in [0.3, 0.4) is 0 Å². The number of rotatable bonds is 3. The Morgan fingerprint density at radius 2 is 1.82 bits per heavy atom. The third-order valence-electron chi connectivity index (χ3n) is 2.34. The fraction of sp³-hybridized carbons (Fsp3) is 0.583. The van der Waals surface area contributed by atoms with Gasteiger partial charge in [-0.15, -0.1) is 0 Å². The van der Waals surface area contributed by atoms with Crippen LogP contribution in [0.5, 0.6) is 0 Å². The van der Waals surface area contributed by atoms with Crippen LogP contribution in [0.25, 0.3) is 0 Å². The number of alkyl halides is 3. The van der Waals surface area contributed by atoms with E-state index in [4.69, 9.17) is 0 Å². The van der Waals surface area contributed by atoms with E-state index in [2.05, 4.69) is 31.1 Å². The topological polar surface area (TPSA) is 24.9 Å². The van der Waals surface area contributed by atoms with Crippen molar-refractivity contribution in [3.05, 3.63) is 23.9 Å². The minimum atomic E-state index is -4.13. The molecule has 0 aliphatic rings. The fourth-order valence-corrected chi connectivity index (χ4v) is 1.27. The van der Waals surface area contributed by atoms with Crippen LogP contribution in [0.1, 0.15) is 32.8 Å². The van der Waals surface area contributed by atoms with Crippen LogP contribution >= 0.6 is 0 Å². The van der Waals surface area contributed by atoms with Gasteiger partial charge in [0, 0.05) is 12.7 Å². The van der Waals surface area contributed by atoms with Crippen LogP contribution in [-0.4, -0.2) is 17.7 Å². The van der Waals surface area contributed by atoms with Crippen molar-refractivity contribution in [2.24, 2.45) is 0 Å². The molecule has 1 rings (SSSR count). The molecule has 0 aromatic carbocycles. The van der Waals surface area contributed by atoms with E-state index in [0.29, 0.717) is 5.82 Å². The molecule has 0 fully saturated rings. The Balaban J connectivity index is 2.52. The van der Waals surface area contributed by atoms with Crippen molar-refractivity contribution in [3.8, 4) is 0 Å². The number of hydrogen-bond acceptors (Lipinski definition) is 2. The number of nitrogens with zero attached hydrogens (tertiary/aromatic N) is 1. The second kappa shape index (κ2) is 4.94. The molecule has 0 saturated heterocycles. The first-order valence-electron chi connectivity index (χ1n) is 5.46. The van der Waals surface area contributed by atoms with Gasteiger partial charge in [-0.05, 0) is 17.0 Å². The summed E-state index contributed by atoms with van der Waals surface area (Å²) in [5.74, 6) is 0.474. The number of pyridine rings is 1. The van der Waals surface area contributed by atoms with Gasteiger partial charge in [-0.2, -0.15) is 13.2 Å². The Morgan fingerprint density at radius 3 is 2.24 bits per heavy atom. The molecule has 0 aliphatic carbocycles. The molecule has 0 bridgehead atoms. The van der Waals surface area contributed by atoms with Crippen LogP contribution in [-0.2, 0) is 5.41 Å². The van der Waals surface area contributed by atoms with Crippen molar-refractivity contribution in [1.82, 2.24) is 4.98 Å². The minimum absolute atomic E-state index is 0.00248. The predicted molar refractivity (Wildman–Crippen MR) is 62.1 cm³/mol. The summed E-state index contributed by atoms with van der Waals surface area (Å²) in [4.78, 5) is 4.09. The largest absolute Gasteiger partial charge is 0.390 e. The maximum atomic E-state index is 11.9. The molecular formula is C12H17F3N2. The Kier molecular flexibility index (Phi) is 4.01. The number of hydrogen-bond donors (Lipinski definition) is 1. The van der Waals surface area contributed by atoms with E-state index >= 15 is 0 Å². The second-order valence-electron chi connectivity index (χ2n) is 4.97. The van der Waals surface area contributed by atoms with Gasteiger partial charge in [0.1, 0.15) is 5.82 Å². The molecule has 5 heteroatoms. The number of anilines is 1. The lowest BCUT2D eigenvalue weighted by atomic mass is 9.88. The predicted octanol–water partition coefficient (Wildman–Crippen LogP) is 3.74. The molecular weight excluding hydrogens is 229 g/mol. The quantitative estimate of drug-likeness (QED) is 0.878. The summed E-state index contributed by atoms with van der Waals surface area (Å²) in [6, 6.07) is 3.58. The molecule has 0 spiro atoms. The van der Waals surface area contributed by atoms with Crippen LogP contribution in [0.4, 0.5) is 19.0 Å². The average molecular weight is 246 g/mol. The molecule has 0 amide bonds. The van der Waals surface area contributed by atoms with Gasteiger partial charge in [-0.1, -0.05) is 26.8 Å². The van der Waals surface area contributed by atoms with Gasteiger partial charge in [0.05, 0.1) is 6.42 Å². The second-order valence-corrected chi connectivity index (χ2v) is 4.97. The van der Waals surface area contributed by atoms with Gasteiger partial charge in [0.15, 0.2) is 0 Å². The molecule has 96 valence electrons. The molecule has 0 atom stereocenters. The van der Waals surface area contributed by atoms with Gasteiger partial charge < -0.3 is 5.32 Å². The van der Waals surface area contributed by atoms with E-state index in [1.807, 2.05) is 6.07 Å². The molecule has 2 nitrogen and oxygen atoms in total. The van der Waals surface area contributed by atoms with Crippen LogP contribution in [0.15, 0.2) is 18.3 Å². The molecule has 1 aromatic heterocycles. The monoisotopic (exact) mass is 246 g/mol. The lowest BCUT2D eigenvalue weighted by molar-refractivity contribution is -0.131. The smallest absolute Gasteiger partial charge is 0.370 e. The third kappa shape index (κ3) is 5.06. The maximum absolute atomic E-state index is 11.9. The highest BCUT2D eigenvalue weighted by molar-refractivity contribution is 5.36. The average Bonchev–Trinajstić information content (AvgIpc) is 2.15. The van der Waals surface area contributed by atoms with E-state index in [1.54, 1.807) is 12.3 Å². The first-order valence-corrected chi connectivity index (χ1v) is 5.46. The van der Waals surface area contributed by atoms with Crippen LogP contribution in [0.2, 0.25) is 0 Å². The summed E-state index contributed by atoms with van der Waals surface area (Å²) in [5.41, 5.74) is 1.05. The minimum Gasteiger partial charge on any atom is -0.370 e. The van der Waals surface area contributed by atoms with Crippen molar-refractivity contribution in [2.45, 2.75) is 38.8 Å². The first kappa shape index (κ1) is 13.8. The summed E-state index contributed by atoms with van der Waals surface area (Å²) in [7, 11) is 0. The summed E-state index contributed by atoms with van der Waals surface area (Å²) >= 11 is 0. The highest BCUT2D eigenvalue weighted by Gasteiger charge is 2.26. The van der Waals surface area contributed by atoms with E-state index in [1.165, 1.54) is 0 Å².